The second kappa shape index (κ2) is 9.52. The van der Waals surface area contributed by atoms with E-state index in [1.54, 1.807) is 30.5 Å². The summed E-state index contributed by atoms with van der Waals surface area (Å²) in [6.45, 7) is 4.44. The first-order chi connectivity index (χ1) is 13.3. The summed E-state index contributed by atoms with van der Waals surface area (Å²) in [5.41, 5.74) is 0.371. The van der Waals surface area contributed by atoms with Gasteiger partial charge in [-0.05, 0) is 38.0 Å². The quantitative estimate of drug-likeness (QED) is 0.680. The predicted octanol–water partition coefficient (Wildman–Crippen LogP) is 3.92. The number of hydrogen-bond acceptors (Lipinski definition) is 4. The molecule has 0 spiro atoms. The lowest BCUT2D eigenvalue weighted by molar-refractivity contribution is -0.137. The highest BCUT2D eigenvalue weighted by Gasteiger charge is 2.31. The molecule has 28 heavy (non-hydrogen) atoms. The molecule has 2 heterocycles. The van der Waals surface area contributed by atoms with Crippen LogP contribution in [0.1, 0.15) is 37.1 Å². The molecule has 2 aromatic rings. The fourth-order valence-corrected chi connectivity index (χ4v) is 2.98. The molecule has 0 N–H and O–H groups in total. The van der Waals surface area contributed by atoms with Crippen LogP contribution in [0.4, 0.5) is 13.2 Å². The minimum absolute atomic E-state index is 0.0490. The SMILES string of the molecule is CCCN(C(=O)Cc1ccc(C(F)(F)F)cn1)[C@H](C)Cc1cnccc1OC. The number of nitrogens with zero attached hydrogens (tertiary/aromatic N) is 3. The van der Waals surface area contributed by atoms with Crippen molar-refractivity contribution in [2.24, 2.45) is 0 Å². The van der Waals surface area contributed by atoms with Crippen LogP contribution < -0.4 is 4.74 Å². The van der Waals surface area contributed by atoms with Crippen molar-refractivity contribution in [3.63, 3.8) is 0 Å². The Morgan fingerprint density at radius 1 is 1.25 bits per heavy atom. The summed E-state index contributed by atoms with van der Waals surface area (Å²) in [6, 6.07) is 3.84. The maximum Gasteiger partial charge on any atom is 0.417 e. The number of carbonyl (C=O) groups excluding carboxylic acids is 1. The number of amides is 1. The molecule has 0 bridgehead atoms. The topological polar surface area (TPSA) is 55.3 Å². The standard InChI is InChI=1S/C20H24F3N3O2/c1-4-9-26(14(2)10-15-12-24-8-7-18(15)28-3)19(27)11-17-6-5-16(13-25-17)20(21,22)23/h5-8,12-14H,4,9-11H2,1-3H3/t14-/m1/s1. The third-order valence-electron chi connectivity index (χ3n) is 4.40. The van der Waals surface area contributed by atoms with Crippen LogP contribution in [0.5, 0.6) is 5.75 Å². The van der Waals surface area contributed by atoms with Crippen molar-refractivity contribution in [3.8, 4) is 5.75 Å². The van der Waals surface area contributed by atoms with Gasteiger partial charge in [0, 0.05) is 42.4 Å². The first-order valence-corrected chi connectivity index (χ1v) is 9.04. The van der Waals surface area contributed by atoms with Crippen molar-refractivity contribution in [3.05, 3.63) is 53.6 Å². The van der Waals surface area contributed by atoms with Gasteiger partial charge in [-0.3, -0.25) is 14.8 Å². The Labute approximate surface area is 162 Å². The van der Waals surface area contributed by atoms with Crippen molar-refractivity contribution in [2.45, 2.75) is 45.3 Å². The van der Waals surface area contributed by atoms with Crippen LogP contribution in [0, 0.1) is 0 Å². The van der Waals surface area contributed by atoms with E-state index in [2.05, 4.69) is 9.97 Å². The van der Waals surface area contributed by atoms with Gasteiger partial charge in [0.1, 0.15) is 5.75 Å². The summed E-state index contributed by atoms with van der Waals surface area (Å²) in [4.78, 5) is 22.4. The lowest BCUT2D eigenvalue weighted by atomic mass is 10.1. The maximum atomic E-state index is 12.8. The molecule has 0 radical (unpaired) electrons. The van der Waals surface area contributed by atoms with E-state index < -0.39 is 11.7 Å². The van der Waals surface area contributed by atoms with Gasteiger partial charge in [-0.1, -0.05) is 6.92 Å². The highest BCUT2D eigenvalue weighted by Crippen LogP contribution is 2.28. The molecule has 1 amide bonds. The average molecular weight is 395 g/mol. The fraction of sp³-hybridized carbons (Fsp3) is 0.450. The molecule has 2 rings (SSSR count). The van der Waals surface area contributed by atoms with Crippen molar-refractivity contribution >= 4 is 5.91 Å². The Morgan fingerprint density at radius 3 is 2.57 bits per heavy atom. The first-order valence-electron chi connectivity index (χ1n) is 9.04. The van der Waals surface area contributed by atoms with Crippen LogP contribution in [0.2, 0.25) is 0 Å². The smallest absolute Gasteiger partial charge is 0.417 e. The fourth-order valence-electron chi connectivity index (χ4n) is 2.98. The van der Waals surface area contributed by atoms with Crippen LogP contribution in [0.25, 0.3) is 0 Å². The predicted molar refractivity (Wildman–Crippen MR) is 98.9 cm³/mol. The molecule has 0 saturated heterocycles. The number of ether oxygens (including phenoxy) is 1. The molecule has 8 heteroatoms. The van der Waals surface area contributed by atoms with Crippen LogP contribution in [-0.2, 0) is 23.8 Å². The Balaban J connectivity index is 2.10. The molecule has 0 aliphatic rings. The normalized spacial score (nSPS) is 12.5. The number of alkyl halides is 3. The van der Waals surface area contributed by atoms with E-state index in [9.17, 15) is 18.0 Å². The van der Waals surface area contributed by atoms with Crippen LogP contribution in [0.15, 0.2) is 36.8 Å². The Kier molecular flexibility index (Phi) is 7.37. The first kappa shape index (κ1) is 21.7. The summed E-state index contributed by atoms with van der Waals surface area (Å²) in [7, 11) is 1.58. The van der Waals surface area contributed by atoms with Crippen LogP contribution >= 0.6 is 0 Å². The number of methoxy groups -OCH3 is 1. The van der Waals surface area contributed by atoms with Crippen molar-refractivity contribution in [2.75, 3.05) is 13.7 Å². The maximum absolute atomic E-state index is 12.8. The molecule has 2 aromatic heterocycles. The molecule has 1 atom stereocenters. The minimum atomic E-state index is -4.44. The molecular formula is C20H24F3N3O2. The lowest BCUT2D eigenvalue weighted by Gasteiger charge is -2.29. The van der Waals surface area contributed by atoms with Gasteiger partial charge in [0.25, 0.3) is 0 Å². The van der Waals surface area contributed by atoms with Crippen molar-refractivity contribution < 1.29 is 22.7 Å². The van der Waals surface area contributed by atoms with E-state index in [1.165, 1.54) is 6.07 Å². The van der Waals surface area contributed by atoms with E-state index in [0.717, 1.165) is 24.2 Å². The van der Waals surface area contributed by atoms with Gasteiger partial charge in [-0.15, -0.1) is 0 Å². The molecule has 0 unspecified atom stereocenters. The largest absolute Gasteiger partial charge is 0.496 e. The molecule has 0 aromatic carbocycles. The molecule has 0 fully saturated rings. The van der Waals surface area contributed by atoms with Gasteiger partial charge in [0.2, 0.25) is 5.91 Å². The minimum Gasteiger partial charge on any atom is -0.496 e. The van der Waals surface area contributed by atoms with Crippen LogP contribution in [-0.4, -0.2) is 40.5 Å². The third kappa shape index (κ3) is 5.68. The Bertz CT molecular complexity index is 779. The van der Waals surface area contributed by atoms with Gasteiger partial charge in [0.05, 0.1) is 19.1 Å². The molecule has 152 valence electrons. The van der Waals surface area contributed by atoms with E-state index in [-0.39, 0.29) is 18.4 Å². The second-order valence-electron chi connectivity index (χ2n) is 6.54. The van der Waals surface area contributed by atoms with E-state index in [0.29, 0.717) is 24.4 Å². The molecule has 5 nitrogen and oxygen atoms in total. The van der Waals surface area contributed by atoms with E-state index in [4.69, 9.17) is 4.74 Å². The second-order valence-corrected chi connectivity index (χ2v) is 6.54. The Morgan fingerprint density at radius 2 is 2.00 bits per heavy atom. The summed E-state index contributed by atoms with van der Waals surface area (Å²) >= 11 is 0. The number of rotatable bonds is 8. The Hall–Kier alpha value is -2.64. The van der Waals surface area contributed by atoms with Crippen LogP contribution in [0.3, 0.4) is 0 Å². The zero-order valence-corrected chi connectivity index (χ0v) is 16.2. The monoisotopic (exact) mass is 395 g/mol. The number of halogens is 3. The zero-order chi connectivity index (χ0) is 20.7. The van der Waals surface area contributed by atoms with Gasteiger partial charge >= 0.3 is 6.18 Å². The number of hydrogen-bond donors (Lipinski definition) is 0. The zero-order valence-electron chi connectivity index (χ0n) is 16.2. The molecule has 0 saturated carbocycles. The van der Waals surface area contributed by atoms with Crippen molar-refractivity contribution in [1.82, 2.24) is 14.9 Å². The summed E-state index contributed by atoms with van der Waals surface area (Å²) in [5, 5.41) is 0. The molecule has 0 aliphatic heterocycles. The number of pyridine rings is 2. The highest BCUT2D eigenvalue weighted by molar-refractivity contribution is 5.78. The van der Waals surface area contributed by atoms with Gasteiger partial charge in [-0.2, -0.15) is 13.2 Å². The average Bonchev–Trinajstić information content (AvgIpc) is 2.66. The highest BCUT2D eigenvalue weighted by atomic mass is 19.4. The van der Waals surface area contributed by atoms with Gasteiger partial charge in [-0.25, -0.2) is 0 Å². The van der Waals surface area contributed by atoms with E-state index >= 15 is 0 Å². The summed E-state index contributed by atoms with van der Waals surface area (Å²) < 4.78 is 43.3. The lowest BCUT2D eigenvalue weighted by Crippen LogP contribution is -2.41. The number of aromatic nitrogens is 2. The number of carbonyl (C=O) groups is 1. The van der Waals surface area contributed by atoms with Crippen molar-refractivity contribution in [1.29, 1.82) is 0 Å². The van der Waals surface area contributed by atoms with Gasteiger partial charge in [0.15, 0.2) is 0 Å². The van der Waals surface area contributed by atoms with E-state index in [1.807, 2.05) is 13.8 Å². The summed E-state index contributed by atoms with van der Waals surface area (Å²) in [5.74, 6) is 0.527. The van der Waals surface area contributed by atoms with Gasteiger partial charge < -0.3 is 9.64 Å². The summed E-state index contributed by atoms with van der Waals surface area (Å²) in [6.07, 6.45) is 0.938. The molecule has 0 aliphatic carbocycles. The third-order valence-corrected chi connectivity index (χ3v) is 4.40. The molecular weight excluding hydrogens is 371 g/mol.